The van der Waals surface area contributed by atoms with E-state index < -0.39 is 40.9 Å². The van der Waals surface area contributed by atoms with Crippen LogP contribution in [-0.2, 0) is 6.18 Å². The molecule has 2 aromatic carbocycles. The minimum absolute atomic E-state index is 0.0480. The Bertz CT molecular complexity index is 1150. The van der Waals surface area contributed by atoms with Crippen molar-refractivity contribution in [1.82, 2.24) is 10.3 Å². The Morgan fingerprint density at radius 3 is 2.28 bits per heavy atom. The second-order valence-electron chi connectivity index (χ2n) is 6.14. The molecule has 1 heterocycles. The highest BCUT2D eigenvalue weighted by atomic mass is 35.5. The summed E-state index contributed by atoms with van der Waals surface area (Å²) in [5, 5.41) is 3.88. The SMILES string of the molecule is O=C(NC(=O)c1c(F)cccc1F)Nc1ccc(Oc2cc(C(F)(F)F)ccc2Cl)nc1. The topological polar surface area (TPSA) is 80.3 Å². The standard InChI is InChI=1S/C20H11ClF5N3O3/c21-12-6-4-10(20(24,25)26)8-15(12)32-16-7-5-11(9-27-16)28-19(31)29-18(30)17-13(22)2-1-3-14(17)23/h1-9H,(H2,28,29,30,31). The lowest BCUT2D eigenvalue weighted by molar-refractivity contribution is -0.137. The van der Waals surface area contributed by atoms with Crippen molar-refractivity contribution in [2.75, 3.05) is 5.32 Å². The maximum absolute atomic E-state index is 13.6. The van der Waals surface area contributed by atoms with Crippen molar-refractivity contribution in [3.05, 3.63) is 82.5 Å². The van der Waals surface area contributed by atoms with Crippen LogP contribution in [0.25, 0.3) is 0 Å². The molecule has 0 fully saturated rings. The predicted molar refractivity (Wildman–Crippen MR) is 104 cm³/mol. The normalized spacial score (nSPS) is 11.1. The van der Waals surface area contributed by atoms with E-state index in [9.17, 15) is 31.5 Å². The quantitative estimate of drug-likeness (QED) is 0.472. The average molecular weight is 472 g/mol. The Hall–Kier alpha value is -3.73. The van der Waals surface area contributed by atoms with Crippen LogP contribution in [0.15, 0.2) is 54.7 Å². The summed E-state index contributed by atoms with van der Waals surface area (Å²) in [4.78, 5) is 27.6. The molecule has 3 aromatic rings. The zero-order chi connectivity index (χ0) is 23.5. The largest absolute Gasteiger partial charge is 0.437 e. The number of carbonyl (C=O) groups is 2. The van der Waals surface area contributed by atoms with Gasteiger partial charge in [-0.15, -0.1) is 0 Å². The summed E-state index contributed by atoms with van der Waals surface area (Å²) < 4.78 is 70.9. The molecule has 166 valence electrons. The lowest BCUT2D eigenvalue weighted by Crippen LogP contribution is -2.35. The van der Waals surface area contributed by atoms with E-state index in [1.165, 1.54) is 12.1 Å². The molecule has 32 heavy (non-hydrogen) atoms. The Kier molecular flexibility index (Phi) is 6.58. The van der Waals surface area contributed by atoms with E-state index >= 15 is 0 Å². The van der Waals surface area contributed by atoms with Gasteiger partial charge in [0.2, 0.25) is 5.88 Å². The highest BCUT2D eigenvalue weighted by Crippen LogP contribution is 2.36. The van der Waals surface area contributed by atoms with Gasteiger partial charge in [-0.3, -0.25) is 10.1 Å². The molecule has 0 bridgehead atoms. The Balaban J connectivity index is 1.65. The van der Waals surface area contributed by atoms with E-state index in [-0.39, 0.29) is 22.3 Å². The van der Waals surface area contributed by atoms with Crippen molar-refractivity contribution in [2.45, 2.75) is 6.18 Å². The van der Waals surface area contributed by atoms with Crippen LogP contribution >= 0.6 is 11.6 Å². The predicted octanol–water partition coefficient (Wildman–Crippen LogP) is 5.79. The Morgan fingerprint density at radius 2 is 1.69 bits per heavy atom. The molecule has 2 N–H and O–H groups in total. The minimum atomic E-state index is -4.60. The molecule has 0 saturated carbocycles. The lowest BCUT2D eigenvalue weighted by atomic mass is 10.2. The van der Waals surface area contributed by atoms with Gasteiger partial charge in [0.15, 0.2) is 0 Å². The van der Waals surface area contributed by atoms with E-state index in [1.807, 2.05) is 0 Å². The van der Waals surface area contributed by atoms with Gasteiger partial charge in [0.25, 0.3) is 5.91 Å². The number of anilines is 1. The number of nitrogens with one attached hydrogen (secondary N) is 2. The van der Waals surface area contributed by atoms with Gasteiger partial charge in [0.1, 0.15) is 22.9 Å². The molecule has 3 amide bonds. The minimum Gasteiger partial charge on any atom is -0.437 e. The first-order chi connectivity index (χ1) is 15.0. The van der Waals surface area contributed by atoms with Gasteiger partial charge in [-0.1, -0.05) is 17.7 Å². The molecule has 0 aliphatic carbocycles. The molecule has 0 spiro atoms. The molecule has 0 aliphatic rings. The molecule has 0 saturated heterocycles. The number of hydrogen-bond acceptors (Lipinski definition) is 4. The van der Waals surface area contributed by atoms with Crippen molar-refractivity contribution in [3.8, 4) is 11.6 Å². The summed E-state index contributed by atoms with van der Waals surface area (Å²) in [5.41, 5.74) is -1.85. The Labute approximate surface area is 182 Å². The van der Waals surface area contributed by atoms with Crippen molar-refractivity contribution in [2.24, 2.45) is 0 Å². The molecule has 12 heteroatoms. The Morgan fingerprint density at radius 1 is 1.00 bits per heavy atom. The average Bonchev–Trinajstić information content (AvgIpc) is 2.70. The first kappa shape index (κ1) is 22.9. The summed E-state index contributed by atoms with van der Waals surface area (Å²) in [6.45, 7) is 0. The molecule has 0 atom stereocenters. The second-order valence-corrected chi connectivity index (χ2v) is 6.54. The number of ether oxygens (including phenoxy) is 1. The van der Waals surface area contributed by atoms with Crippen LogP contribution in [0.1, 0.15) is 15.9 Å². The maximum atomic E-state index is 13.6. The van der Waals surface area contributed by atoms with Crippen molar-refractivity contribution < 1.29 is 36.3 Å². The number of alkyl halides is 3. The zero-order valence-electron chi connectivity index (χ0n) is 15.6. The van der Waals surface area contributed by atoms with Crippen molar-refractivity contribution in [3.63, 3.8) is 0 Å². The number of carbonyl (C=O) groups excluding carboxylic acids is 2. The van der Waals surface area contributed by atoms with Crippen LogP contribution < -0.4 is 15.4 Å². The van der Waals surface area contributed by atoms with Crippen LogP contribution in [-0.4, -0.2) is 16.9 Å². The number of pyridine rings is 1. The molecule has 0 radical (unpaired) electrons. The maximum Gasteiger partial charge on any atom is 0.416 e. The number of nitrogens with zero attached hydrogens (tertiary/aromatic N) is 1. The smallest absolute Gasteiger partial charge is 0.416 e. The van der Waals surface area contributed by atoms with Gasteiger partial charge in [-0.25, -0.2) is 18.6 Å². The fourth-order valence-corrected chi connectivity index (χ4v) is 2.58. The number of imide groups is 1. The third-order valence-electron chi connectivity index (χ3n) is 3.88. The fraction of sp³-hybridized carbons (Fsp3) is 0.0500. The van der Waals surface area contributed by atoms with Crippen LogP contribution in [0.4, 0.5) is 32.4 Å². The highest BCUT2D eigenvalue weighted by molar-refractivity contribution is 6.32. The van der Waals surface area contributed by atoms with E-state index in [0.29, 0.717) is 6.07 Å². The van der Waals surface area contributed by atoms with Gasteiger partial charge in [0, 0.05) is 6.07 Å². The first-order valence-electron chi connectivity index (χ1n) is 8.61. The van der Waals surface area contributed by atoms with E-state index in [2.05, 4.69) is 10.3 Å². The van der Waals surface area contributed by atoms with E-state index in [1.54, 1.807) is 5.32 Å². The van der Waals surface area contributed by atoms with Crippen molar-refractivity contribution in [1.29, 1.82) is 0 Å². The van der Waals surface area contributed by atoms with Crippen LogP contribution in [0, 0.1) is 11.6 Å². The summed E-state index contributed by atoms with van der Waals surface area (Å²) in [6, 6.07) is 6.67. The van der Waals surface area contributed by atoms with Crippen LogP contribution in [0.2, 0.25) is 5.02 Å². The molecular weight excluding hydrogens is 461 g/mol. The van der Waals surface area contributed by atoms with Gasteiger partial charge < -0.3 is 10.1 Å². The first-order valence-corrected chi connectivity index (χ1v) is 8.99. The number of amides is 3. The van der Waals surface area contributed by atoms with Crippen molar-refractivity contribution >= 4 is 29.2 Å². The number of hydrogen-bond donors (Lipinski definition) is 2. The molecule has 0 unspecified atom stereocenters. The van der Waals surface area contributed by atoms with Gasteiger partial charge >= 0.3 is 12.2 Å². The zero-order valence-corrected chi connectivity index (χ0v) is 16.4. The van der Waals surface area contributed by atoms with Gasteiger partial charge in [0.05, 0.1) is 22.5 Å². The second kappa shape index (κ2) is 9.18. The van der Waals surface area contributed by atoms with Gasteiger partial charge in [-0.05, 0) is 36.4 Å². The molecule has 0 aliphatic heterocycles. The number of aromatic nitrogens is 1. The van der Waals surface area contributed by atoms with Crippen LogP contribution in [0.3, 0.4) is 0 Å². The monoisotopic (exact) mass is 471 g/mol. The summed E-state index contributed by atoms with van der Waals surface area (Å²) in [7, 11) is 0. The summed E-state index contributed by atoms with van der Waals surface area (Å²) in [5.74, 6) is -4.02. The molecular formula is C20H11ClF5N3O3. The number of urea groups is 1. The molecule has 3 rings (SSSR count). The van der Waals surface area contributed by atoms with Gasteiger partial charge in [-0.2, -0.15) is 13.2 Å². The molecule has 6 nitrogen and oxygen atoms in total. The van der Waals surface area contributed by atoms with E-state index in [4.69, 9.17) is 16.3 Å². The van der Waals surface area contributed by atoms with E-state index in [0.717, 1.165) is 36.5 Å². The van der Waals surface area contributed by atoms with Crippen LogP contribution in [0.5, 0.6) is 11.6 Å². The number of halogens is 6. The third kappa shape index (κ3) is 5.49. The number of rotatable bonds is 4. The summed E-state index contributed by atoms with van der Waals surface area (Å²) in [6.07, 6.45) is -3.52. The number of benzene rings is 2. The fourth-order valence-electron chi connectivity index (χ4n) is 2.43. The third-order valence-corrected chi connectivity index (χ3v) is 4.20. The molecule has 1 aromatic heterocycles. The lowest BCUT2D eigenvalue weighted by Gasteiger charge is -2.11. The highest BCUT2D eigenvalue weighted by Gasteiger charge is 2.31. The summed E-state index contributed by atoms with van der Waals surface area (Å²) >= 11 is 5.85.